The first-order valence-corrected chi connectivity index (χ1v) is 15.8. The molecule has 3 amide bonds. The maximum Gasteiger partial charge on any atom is 0.493 e. The molecule has 0 aromatic rings. The van der Waals surface area contributed by atoms with Crippen molar-refractivity contribution in [2.24, 2.45) is 0 Å². The van der Waals surface area contributed by atoms with Crippen LogP contribution < -0.4 is 21.5 Å². The van der Waals surface area contributed by atoms with E-state index in [1.807, 2.05) is 0 Å². The molecule has 0 unspecified atom stereocenters. The zero-order chi connectivity index (χ0) is 30.6. The number of urea groups is 1. The first kappa shape index (κ1) is 39.1. The van der Waals surface area contributed by atoms with Gasteiger partial charge in [-0.1, -0.05) is 89.5 Å². The van der Waals surface area contributed by atoms with Crippen LogP contribution in [0.2, 0.25) is 0 Å². The molecule has 0 radical (unpaired) electrons. The average Bonchev–Trinajstić information content (AvgIpc) is 2.93. The van der Waals surface area contributed by atoms with E-state index in [4.69, 9.17) is 0 Å². The lowest BCUT2D eigenvalue weighted by molar-refractivity contribution is -0.227. The molecule has 12 heteroatoms. The molecule has 4 N–H and O–H groups in total. The molecule has 0 spiro atoms. The summed E-state index contributed by atoms with van der Waals surface area (Å²) in [5.74, 6) is -3.69. The minimum Gasteiger partial charge on any atom is -0.320 e. The Bertz CT molecular complexity index is 669. The summed E-state index contributed by atoms with van der Waals surface area (Å²) in [4.78, 5) is 38.8. The average molecular weight is 596 g/mol. The van der Waals surface area contributed by atoms with Crippen molar-refractivity contribution >= 4 is 17.9 Å². The number of hydrogen-bond donors (Lipinski definition) is 4. The van der Waals surface area contributed by atoms with Crippen molar-refractivity contribution in [3.05, 3.63) is 0 Å². The molecule has 242 valence electrons. The number of alkyl halides is 3. The van der Waals surface area contributed by atoms with Crippen LogP contribution in [0.3, 0.4) is 0 Å². The molecule has 0 rings (SSSR count). The molecule has 0 aromatic heterocycles. The highest BCUT2D eigenvalue weighted by Gasteiger charge is 2.44. The normalized spacial score (nSPS) is 11.4. The molecule has 0 atom stereocenters. The molecule has 0 saturated heterocycles. The van der Waals surface area contributed by atoms with Gasteiger partial charge >= 0.3 is 18.2 Å². The zero-order valence-corrected chi connectivity index (χ0v) is 25.5. The molecule has 0 aliphatic heterocycles. The predicted octanol–water partition coefficient (Wildman–Crippen LogP) is 6.29. The molecular formula is C29H56F3N5O4. The van der Waals surface area contributed by atoms with Gasteiger partial charge in [0, 0.05) is 13.0 Å². The van der Waals surface area contributed by atoms with Crippen LogP contribution in [0.15, 0.2) is 0 Å². The summed E-state index contributed by atoms with van der Waals surface area (Å²) in [6.07, 6.45) is 14.8. The van der Waals surface area contributed by atoms with E-state index in [1.54, 1.807) is 6.92 Å². The SMILES string of the molecule is CCCCCCCCCCCCCCNCCCCNCCCCNNC(=O)N(OC(=O)C(F)(F)F)C(=O)CCC. The summed E-state index contributed by atoms with van der Waals surface area (Å²) in [5.41, 5.74) is 4.62. The van der Waals surface area contributed by atoms with Crippen molar-refractivity contribution in [2.45, 2.75) is 136 Å². The van der Waals surface area contributed by atoms with Gasteiger partial charge in [0.1, 0.15) is 0 Å². The molecular weight excluding hydrogens is 539 g/mol. The Hall–Kier alpha value is -1.92. The second-order valence-corrected chi connectivity index (χ2v) is 10.5. The number of halogens is 3. The van der Waals surface area contributed by atoms with Crippen LogP contribution in [-0.4, -0.2) is 61.9 Å². The second-order valence-electron chi connectivity index (χ2n) is 10.5. The first-order valence-electron chi connectivity index (χ1n) is 15.8. The zero-order valence-electron chi connectivity index (χ0n) is 25.5. The number of imide groups is 1. The van der Waals surface area contributed by atoms with E-state index in [2.05, 4.69) is 33.2 Å². The van der Waals surface area contributed by atoms with E-state index in [0.29, 0.717) is 13.0 Å². The van der Waals surface area contributed by atoms with Gasteiger partial charge in [-0.05, 0) is 64.7 Å². The number of hydrazine groups is 1. The van der Waals surface area contributed by atoms with Crippen LogP contribution in [0.25, 0.3) is 0 Å². The monoisotopic (exact) mass is 595 g/mol. The third kappa shape index (κ3) is 24.4. The molecule has 0 aliphatic carbocycles. The fraction of sp³-hybridized carbons (Fsp3) is 0.897. The minimum atomic E-state index is -5.33. The van der Waals surface area contributed by atoms with Crippen LogP contribution in [0.5, 0.6) is 0 Å². The van der Waals surface area contributed by atoms with Gasteiger partial charge in [-0.3, -0.25) is 10.2 Å². The molecule has 0 aromatic carbocycles. The molecule has 0 saturated carbocycles. The predicted molar refractivity (Wildman–Crippen MR) is 156 cm³/mol. The van der Waals surface area contributed by atoms with E-state index in [0.717, 1.165) is 45.4 Å². The van der Waals surface area contributed by atoms with Crippen LogP contribution in [-0.2, 0) is 14.4 Å². The molecule has 0 heterocycles. The Balaban J connectivity index is 3.56. The van der Waals surface area contributed by atoms with Gasteiger partial charge in [0.15, 0.2) is 0 Å². The molecule has 0 aliphatic rings. The largest absolute Gasteiger partial charge is 0.493 e. The van der Waals surface area contributed by atoms with Gasteiger partial charge in [0.2, 0.25) is 0 Å². The molecule has 9 nitrogen and oxygen atoms in total. The Labute approximate surface area is 245 Å². The lowest BCUT2D eigenvalue weighted by atomic mass is 10.1. The lowest BCUT2D eigenvalue weighted by Crippen LogP contribution is -2.51. The second kappa shape index (κ2) is 26.9. The number of carbonyl (C=O) groups excluding carboxylic acids is 3. The maximum absolute atomic E-state index is 12.4. The summed E-state index contributed by atoms with van der Waals surface area (Å²) >= 11 is 0. The van der Waals surface area contributed by atoms with E-state index < -0.39 is 24.1 Å². The highest BCUT2D eigenvalue weighted by atomic mass is 19.4. The number of nitrogens with zero attached hydrogens (tertiary/aromatic N) is 1. The summed E-state index contributed by atoms with van der Waals surface area (Å²) in [5, 5.41) is 6.68. The van der Waals surface area contributed by atoms with Gasteiger partial charge in [0.25, 0.3) is 5.91 Å². The fourth-order valence-electron chi connectivity index (χ4n) is 4.15. The topological polar surface area (TPSA) is 112 Å². The summed E-state index contributed by atoms with van der Waals surface area (Å²) < 4.78 is 37.3. The standard InChI is InChI=1S/C29H56F3N5O4/c1-3-5-6-7-8-9-10-11-12-13-14-15-21-33-22-16-17-23-34-24-18-19-25-35-36-28(40)37(26(38)20-4-2)41-27(39)29(30,31)32/h33-35H,3-25H2,1-2H3,(H,36,40). The van der Waals surface area contributed by atoms with Crippen molar-refractivity contribution in [1.29, 1.82) is 0 Å². The van der Waals surface area contributed by atoms with Gasteiger partial charge in [-0.2, -0.15) is 13.2 Å². The Morgan fingerprint density at radius 2 is 1.02 bits per heavy atom. The van der Waals surface area contributed by atoms with Crippen molar-refractivity contribution in [3.8, 4) is 0 Å². The Morgan fingerprint density at radius 3 is 1.46 bits per heavy atom. The molecule has 41 heavy (non-hydrogen) atoms. The van der Waals surface area contributed by atoms with Crippen molar-refractivity contribution in [2.75, 3.05) is 32.7 Å². The van der Waals surface area contributed by atoms with Crippen molar-refractivity contribution in [1.82, 2.24) is 26.5 Å². The van der Waals surface area contributed by atoms with Gasteiger partial charge in [-0.25, -0.2) is 15.0 Å². The molecule has 0 fully saturated rings. The fourth-order valence-corrected chi connectivity index (χ4v) is 4.15. The van der Waals surface area contributed by atoms with E-state index >= 15 is 0 Å². The van der Waals surface area contributed by atoms with Crippen LogP contribution in [0.4, 0.5) is 18.0 Å². The number of carbonyl (C=O) groups is 3. The van der Waals surface area contributed by atoms with Crippen molar-refractivity contribution < 1.29 is 32.4 Å². The first-order chi connectivity index (χ1) is 19.7. The van der Waals surface area contributed by atoms with Crippen LogP contribution in [0.1, 0.15) is 129 Å². The summed E-state index contributed by atoms with van der Waals surface area (Å²) in [7, 11) is 0. The highest BCUT2D eigenvalue weighted by molar-refractivity contribution is 5.94. The van der Waals surface area contributed by atoms with E-state index in [-0.39, 0.29) is 17.9 Å². The quantitative estimate of drug-likeness (QED) is 0.0687. The summed E-state index contributed by atoms with van der Waals surface area (Å²) in [6, 6.07) is -1.29. The third-order valence-electron chi connectivity index (χ3n) is 6.55. The van der Waals surface area contributed by atoms with Gasteiger partial charge in [-0.15, -0.1) is 0 Å². The smallest absolute Gasteiger partial charge is 0.320 e. The Kier molecular flexibility index (Phi) is 25.7. The van der Waals surface area contributed by atoms with Crippen molar-refractivity contribution in [3.63, 3.8) is 0 Å². The number of hydrogen-bond acceptors (Lipinski definition) is 7. The number of unbranched alkanes of at least 4 members (excludes halogenated alkanes) is 13. The van der Waals surface area contributed by atoms with Crippen LogP contribution in [0, 0.1) is 0 Å². The summed E-state index contributed by atoms with van der Waals surface area (Å²) in [6.45, 7) is 8.03. The number of hydroxylamine groups is 2. The highest BCUT2D eigenvalue weighted by Crippen LogP contribution is 2.18. The van der Waals surface area contributed by atoms with E-state index in [1.165, 1.54) is 77.0 Å². The molecule has 0 bridgehead atoms. The van der Waals surface area contributed by atoms with Crippen LogP contribution >= 0.6 is 0 Å². The maximum atomic E-state index is 12.4. The number of nitrogens with one attached hydrogen (secondary N) is 4. The third-order valence-corrected chi connectivity index (χ3v) is 6.55. The number of rotatable bonds is 26. The lowest BCUT2D eigenvalue weighted by Gasteiger charge is -2.20. The minimum absolute atomic E-state index is 0.193. The van der Waals surface area contributed by atoms with Gasteiger partial charge < -0.3 is 15.5 Å². The Morgan fingerprint density at radius 1 is 0.610 bits per heavy atom. The number of amides is 3. The van der Waals surface area contributed by atoms with Gasteiger partial charge in [0.05, 0.1) is 0 Å². The van der Waals surface area contributed by atoms with E-state index in [9.17, 15) is 27.6 Å².